The molecule has 0 aromatic rings. The maximum Gasteiger partial charge on any atom is 0.00931 e. The molecule has 0 aliphatic rings. The lowest BCUT2D eigenvalue weighted by atomic mass is 9.92. The maximum absolute atomic E-state index is 6.29. The molecule has 0 saturated heterocycles. The third-order valence-electron chi connectivity index (χ3n) is 4.37. The topological polar surface area (TPSA) is 55.3 Å². The van der Waals surface area contributed by atoms with Gasteiger partial charge in [0, 0.05) is 12.1 Å². The predicted octanol–water partition coefficient (Wildman–Crippen LogP) is 3.37. The number of rotatable bonds is 13. The Labute approximate surface area is 127 Å². The van der Waals surface area contributed by atoms with Crippen molar-refractivity contribution >= 4 is 0 Å². The second kappa shape index (κ2) is 12.6. The molecule has 0 fully saturated rings. The van der Waals surface area contributed by atoms with Crippen LogP contribution in [-0.4, -0.2) is 36.6 Å². The Balaban J connectivity index is 4.04. The van der Waals surface area contributed by atoms with E-state index in [0.717, 1.165) is 25.8 Å². The van der Waals surface area contributed by atoms with Gasteiger partial charge in [-0.15, -0.1) is 0 Å². The Morgan fingerprint density at radius 1 is 0.950 bits per heavy atom. The lowest BCUT2D eigenvalue weighted by molar-refractivity contribution is 0.151. The van der Waals surface area contributed by atoms with Gasteiger partial charge in [0.25, 0.3) is 0 Å². The van der Waals surface area contributed by atoms with Crippen molar-refractivity contribution in [2.45, 2.75) is 84.7 Å². The van der Waals surface area contributed by atoms with Crippen LogP contribution >= 0.6 is 0 Å². The molecule has 0 saturated carbocycles. The lowest BCUT2D eigenvalue weighted by Gasteiger charge is -2.34. The van der Waals surface area contributed by atoms with E-state index in [-0.39, 0.29) is 0 Å². The average Bonchev–Trinajstić information content (AvgIpc) is 2.42. The molecule has 0 aromatic carbocycles. The van der Waals surface area contributed by atoms with Gasteiger partial charge in [-0.1, -0.05) is 33.6 Å². The standard InChI is InChI=1S/C17H39N3/c1-5-12-20(13-6-2)16(4)15(3)14-17(19)10-8-7-9-11-18/h15-17H,5-14,18-19H2,1-4H3. The van der Waals surface area contributed by atoms with Crippen LogP contribution in [0.15, 0.2) is 0 Å². The Kier molecular flexibility index (Phi) is 12.5. The highest BCUT2D eigenvalue weighted by Crippen LogP contribution is 2.18. The molecule has 0 rings (SSSR count). The van der Waals surface area contributed by atoms with E-state index in [0.29, 0.717) is 18.0 Å². The third kappa shape index (κ3) is 8.93. The minimum Gasteiger partial charge on any atom is -0.330 e. The normalized spacial score (nSPS) is 16.4. The number of nitrogens with two attached hydrogens (primary N) is 2. The van der Waals surface area contributed by atoms with Gasteiger partial charge < -0.3 is 16.4 Å². The van der Waals surface area contributed by atoms with E-state index < -0.39 is 0 Å². The van der Waals surface area contributed by atoms with Gasteiger partial charge in [-0.3, -0.25) is 0 Å². The minimum atomic E-state index is 0.357. The molecule has 122 valence electrons. The zero-order valence-electron chi connectivity index (χ0n) is 14.4. The number of nitrogens with zero attached hydrogens (tertiary/aromatic N) is 1. The quantitative estimate of drug-likeness (QED) is 0.510. The molecule has 0 bridgehead atoms. The van der Waals surface area contributed by atoms with Gasteiger partial charge in [0.1, 0.15) is 0 Å². The third-order valence-corrected chi connectivity index (χ3v) is 4.37. The van der Waals surface area contributed by atoms with Crippen LogP contribution in [0.2, 0.25) is 0 Å². The molecule has 4 N–H and O–H groups in total. The fraction of sp³-hybridized carbons (Fsp3) is 1.00. The first-order valence-corrected chi connectivity index (χ1v) is 8.76. The summed E-state index contributed by atoms with van der Waals surface area (Å²) >= 11 is 0. The van der Waals surface area contributed by atoms with Crippen LogP contribution in [0.4, 0.5) is 0 Å². The second-order valence-corrected chi connectivity index (χ2v) is 6.39. The van der Waals surface area contributed by atoms with E-state index in [9.17, 15) is 0 Å². The molecule has 3 nitrogen and oxygen atoms in total. The van der Waals surface area contributed by atoms with Crippen LogP contribution in [0.1, 0.15) is 72.6 Å². The fourth-order valence-corrected chi connectivity index (χ4v) is 2.97. The first-order chi connectivity index (χ1) is 9.56. The molecule has 0 radical (unpaired) electrons. The van der Waals surface area contributed by atoms with E-state index >= 15 is 0 Å². The van der Waals surface area contributed by atoms with Crippen molar-refractivity contribution in [1.29, 1.82) is 0 Å². The highest BCUT2D eigenvalue weighted by molar-refractivity contribution is 4.76. The van der Waals surface area contributed by atoms with Gasteiger partial charge in [0.05, 0.1) is 0 Å². The van der Waals surface area contributed by atoms with Gasteiger partial charge in [-0.05, 0) is 64.6 Å². The Morgan fingerprint density at radius 3 is 2.05 bits per heavy atom. The summed E-state index contributed by atoms with van der Waals surface area (Å²) in [4.78, 5) is 2.63. The van der Waals surface area contributed by atoms with Crippen molar-refractivity contribution in [2.75, 3.05) is 19.6 Å². The zero-order valence-corrected chi connectivity index (χ0v) is 14.4. The van der Waals surface area contributed by atoms with Crippen LogP contribution in [0.3, 0.4) is 0 Å². The predicted molar refractivity (Wildman–Crippen MR) is 90.9 cm³/mol. The highest BCUT2D eigenvalue weighted by Gasteiger charge is 2.20. The van der Waals surface area contributed by atoms with Crippen LogP contribution in [0.5, 0.6) is 0 Å². The number of unbranched alkanes of at least 4 members (excludes halogenated alkanes) is 2. The molecule has 3 heteroatoms. The summed E-state index contributed by atoms with van der Waals surface area (Å²) in [5, 5.41) is 0. The Morgan fingerprint density at radius 2 is 1.55 bits per heavy atom. The number of hydrogen-bond donors (Lipinski definition) is 2. The van der Waals surface area contributed by atoms with E-state index in [2.05, 4.69) is 32.6 Å². The first-order valence-electron chi connectivity index (χ1n) is 8.76. The van der Waals surface area contributed by atoms with Gasteiger partial charge in [-0.25, -0.2) is 0 Å². The summed E-state index contributed by atoms with van der Waals surface area (Å²) in [7, 11) is 0. The molecule has 0 aliphatic carbocycles. The summed E-state index contributed by atoms with van der Waals surface area (Å²) in [5.74, 6) is 0.678. The molecule has 20 heavy (non-hydrogen) atoms. The fourth-order valence-electron chi connectivity index (χ4n) is 2.97. The average molecular weight is 286 g/mol. The highest BCUT2D eigenvalue weighted by atomic mass is 15.1. The SMILES string of the molecule is CCCN(CCC)C(C)C(C)CC(N)CCCCCN. The lowest BCUT2D eigenvalue weighted by Crippen LogP contribution is -2.40. The summed E-state index contributed by atoms with van der Waals surface area (Å²) in [6.07, 6.45) is 8.37. The molecule has 0 aromatic heterocycles. The maximum atomic E-state index is 6.29. The van der Waals surface area contributed by atoms with Gasteiger partial charge in [0.2, 0.25) is 0 Å². The van der Waals surface area contributed by atoms with Crippen LogP contribution in [-0.2, 0) is 0 Å². The summed E-state index contributed by atoms with van der Waals surface area (Å²) in [5.41, 5.74) is 11.8. The zero-order chi connectivity index (χ0) is 15.4. The molecule has 0 spiro atoms. The summed E-state index contributed by atoms with van der Waals surface area (Å²) in [6, 6.07) is 1.00. The largest absolute Gasteiger partial charge is 0.330 e. The first kappa shape index (κ1) is 19.9. The molecular weight excluding hydrogens is 246 g/mol. The smallest absolute Gasteiger partial charge is 0.00931 e. The van der Waals surface area contributed by atoms with E-state index in [1.54, 1.807) is 0 Å². The van der Waals surface area contributed by atoms with Crippen LogP contribution in [0, 0.1) is 5.92 Å². The molecule has 0 heterocycles. The van der Waals surface area contributed by atoms with Crippen molar-refractivity contribution < 1.29 is 0 Å². The van der Waals surface area contributed by atoms with E-state index in [1.165, 1.54) is 38.8 Å². The minimum absolute atomic E-state index is 0.357. The summed E-state index contributed by atoms with van der Waals surface area (Å²) < 4.78 is 0. The van der Waals surface area contributed by atoms with Gasteiger partial charge >= 0.3 is 0 Å². The molecule has 0 aliphatic heterocycles. The van der Waals surface area contributed by atoms with Crippen LogP contribution < -0.4 is 11.5 Å². The van der Waals surface area contributed by atoms with Gasteiger partial charge in [0.15, 0.2) is 0 Å². The van der Waals surface area contributed by atoms with E-state index in [1.807, 2.05) is 0 Å². The number of hydrogen-bond acceptors (Lipinski definition) is 3. The van der Waals surface area contributed by atoms with Crippen molar-refractivity contribution in [3.05, 3.63) is 0 Å². The Hall–Kier alpha value is -0.120. The van der Waals surface area contributed by atoms with Crippen molar-refractivity contribution in [3.63, 3.8) is 0 Å². The summed E-state index contributed by atoms with van der Waals surface area (Å²) in [6.45, 7) is 12.5. The van der Waals surface area contributed by atoms with Crippen LogP contribution in [0.25, 0.3) is 0 Å². The molecular formula is C17H39N3. The van der Waals surface area contributed by atoms with Gasteiger partial charge in [-0.2, -0.15) is 0 Å². The second-order valence-electron chi connectivity index (χ2n) is 6.39. The van der Waals surface area contributed by atoms with Crippen molar-refractivity contribution in [3.8, 4) is 0 Å². The Bertz CT molecular complexity index is 202. The van der Waals surface area contributed by atoms with Crippen molar-refractivity contribution in [2.24, 2.45) is 17.4 Å². The monoisotopic (exact) mass is 285 g/mol. The van der Waals surface area contributed by atoms with Crippen molar-refractivity contribution in [1.82, 2.24) is 4.90 Å². The molecule has 0 amide bonds. The molecule has 3 atom stereocenters. The molecule has 3 unspecified atom stereocenters. The van der Waals surface area contributed by atoms with E-state index in [4.69, 9.17) is 11.5 Å².